The van der Waals surface area contributed by atoms with Crippen LogP contribution < -0.4 is 14.8 Å². The molecule has 0 atom stereocenters. The Morgan fingerprint density at radius 1 is 1.00 bits per heavy atom. The van der Waals surface area contributed by atoms with Crippen LogP contribution in [0.3, 0.4) is 0 Å². The van der Waals surface area contributed by atoms with Crippen LogP contribution in [0.2, 0.25) is 0 Å². The van der Waals surface area contributed by atoms with Gasteiger partial charge in [0.25, 0.3) is 10.0 Å². The number of anilines is 3. The molecule has 1 heterocycles. The van der Waals surface area contributed by atoms with Crippen molar-refractivity contribution in [3.05, 3.63) is 71.9 Å². The van der Waals surface area contributed by atoms with E-state index in [9.17, 15) is 8.42 Å². The van der Waals surface area contributed by atoms with Gasteiger partial charge in [-0.2, -0.15) is 0 Å². The lowest BCUT2D eigenvalue weighted by atomic mass is 10.1. The van der Waals surface area contributed by atoms with Crippen LogP contribution in [0.5, 0.6) is 5.75 Å². The molecule has 0 radical (unpaired) electrons. The topological polar surface area (TPSA) is 80.3 Å². The first-order valence-corrected chi connectivity index (χ1v) is 10.4. The summed E-state index contributed by atoms with van der Waals surface area (Å²) in [6, 6.07) is 15.7. The van der Waals surface area contributed by atoms with Crippen LogP contribution in [-0.2, 0) is 10.0 Å². The third kappa shape index (κ3) is 4.61. The van der Waals surface area contributed by atoms with E-state index < -0.39 is 10.0 Å². The number of hydrogen-bond acceptors (Lipinski definition) is 5. The van der Waals surface area contributed by atoms with Gasteiger partial charge in [0.1, 0.15) is 11.6 Å². The van der Waals surface area contributed by atoms with Crippen LogP contribution in [-0.4, -0.2) is 20.0 Å². The van der Waals surface area contributed by atoms with Crippen LogP contribution in [0.15, 0.2) is 65.7 Å². The summed E-state index contributed by atoms with van der Waals surface area (Å²) in [6.07, 6.45) is 1.60. The first-order chi connectivity index (χ1) is 13.4. The van der Waals surface area contributed by atoms with E-state index in [0.29, 0.717) is 12.4 Å². The van der Waals surface area contributed by atoms with Gasteiger partial charge in [-0.05, 0) is 74.4 Å². The average molecular weight is 398 g/mol. The molecule has 1 aromatic heterocycles. The molecule has 7 heteroatoms. The van der Waals surface area contributed by atoms with Crippen molar-refractivity contribution in [2.75, 3.05) is 16.6 Å². The summed E-state index contributed by atoms with van der Waals surface area (Å²) >= 11 is 0. The molecule has 28 heavy (non-hydrogen) atoms. The van der Waals surface area contributed by atoms with Crippen LogP contribution >= 0.6 is 0 Å². The van der Waals surface area contributed by atoms with Crippen molar-refractivity contribution >= 4 is 27.2 Å². The standard InChI is InChI=1S/C21H23N3O3S/c1-4-27-18-9-11-19(12-10-18)28(25,26)24-21-13-8-17(14-22-21)23-20-7-5-6-15(2)16(20)3/h5-14,23H,4H2,1-3H3,(H,22,24). The Hall–Kier alpha value is -3.06. The average Bonchev–Trinajstić information content (AvgIpc) is 2.67. The monoisotopic (exact) mass is 397 g/mol. The molecular formula is C21H23N3O3S. The van der Waals surface area contributed by atoms with Gasteiger partial charge in [-0.1, -0.05) is 12.1 Å². The normalized spacial score (nSPS) is 11.1. The minimum Gasteiger partial charge on any atom is -0.494 e. The number of sulfonamides is 1. The lowest BCUT2D eigenvalue weighted by molar-refractivity contribution is 0.340. The number of nitrogens with one attached hydrogen (secondary N) is 2. The summed E-state index contributed by atoms with van der Waals surface area (Å²) in [7, 11) is -3.72. The molecule has 3 aromatic rings. The predicted octanol–water partition coefficient (Wildman–Crippen LogP) is 4.64. The van der Waals surface area contributed by atoms with Crippen LogP contribution in [0.4, 0.5) is 17.2 Å². The van der Waals surface area contributed by atoms with Gasteiger partial charge in [0.2, 0.25) is 0 Å². The highest BCUT2D eigenvalue weighted by atomic mass is 32.2. The molecule has 2 aromatic carbocycles. The van der Waals surface area contributed by atoms with Gasteiger partial charge in [-0.15, -0.1) is 0 Å². The van der Waals surface area contributed by atoms with E-state index in [1.54, 1.807) is 30.5 Å². The molecule has 0 bridgehead atoms. The summed E-state index contributed by atoms with van der Waals surface area (Å²) in [5, 5.41) is 3.30. The fourth-order valence-corrected chi connectivity index (χ4v) is 3.66. The van der Waals surface area contributed by atoms with Crippen molar-refractivity contribution in [3.63, 3.8) is 0 Å². The van der Waals surface area contributed by atoms with Gasteiger partial charge in [0.05, 0.1) is 23.4 Å². The Morgan fingerprint density at radius 3 is 2.39 bits per heavy atom. The largest absolute Gasteiger partial charge is 0.494 e. The lowest BCUT2D eigenvalue weighted by Gasteiger charge is -2.12. The van der Waals surface area contributed by atoms with Gasteiger partial charge in [-0.3, -0.25) is 4.72 Å². The summed E-state index contributed by atoms with van der Waals surface area (Å²) in [6.45, 7) is 6.50. The van der Waals surface area contributed by atoms with Gasteiger partial charge in [0, 0.05) is 5.69 Å². The number of rotatable bonds is 7. The number of aryl methyl sites for hydroxylation is 1. The minimum atomic E-state index is -3.72. The fourth-order valence-electron chi connectivity index (χ4n) is 2.65. The van der Waals surface area contributed by atoms with Crippen molar-refractivity contribution in [3.8, 4) is 5.75 Å². The third-order valence-corrected chi connectivity index (χ3v) is 5.70. The second kappa shape index (κ2) is 8.31. The van der Waals surface area contributed by atoms with E-state index in [-0.39, 0.29) is 10.7 Å². The Bertz CT molecular complexity index is 1050. The summed E-state index contributed by atoms with van der Waals surface area (Å²) in [4.78, 5) is 4.36. The number of hydrogen-bond donors (Lipinski definition) is 2. The summed E-state index contributed by atoms with van der Waals surface area (Å²) in [5.41, 5.74) is 4.11. The Morgan fingerprint density at radius 2 is 1.75 bits per heavy atom. The number of pyridine rings is 1. The molecule has 6 nitrogen and oxygen atoms in total. The Balaban J connectivity index is 1.71. The molecule has 0 aliphatic rings. The van der Waals surface area contributed by atoms with E-state index in [0.717, 1.165) is 16.9 Å². The molecule has 146 valence electrons. The first-order valence-electron chi connectivity index (χ1n) is 8.94. The van der Waals surface area contributed by atoms with Crippen LogP contribution in [0.1, 0.15) is 18.1 Å². The first kappa shape index (κ1) is 19.7. The van der Waals surface area contributed by atoms with Crippen LogP contribution in [0.25, 0.3) is 0 Å². The smallest absolute Gasteiger partial charge is 0.263 e. The highest BCUT2D eigenvalue weighted by molar-refractivity contribution is 7.92. The molecule has 3 rings (SSSR count). The molecule has 0 spiro atoms. The van der Waals surface area contributed by atoms with Crippen molar-refractivity contribution in [1.29, 1.82) is 0 Å². The van der Waals surface area contributed by atoms with E-state index in [1.807, 2.05) is 26.0 Å². The number of benzene rings is 2. The van der Waals surface area contributed by atoms with Gasteiger partial charge >= 0.3 is 0 Å². The van der Waals surface area contributed by atoms with E-state index >= 15 is 0 Å². The third-order valence-electron chi connectivity index (χ3n) is 4.33. The zero-order valence-electron chi connectivity index (χ0n) is 16.1. The summed E-state index contributed by atoms with van der Waals surface area (Å²) in [5.74, 6) is 0.877. The fraction of sp³-hybridized carbons (Fsp3) is 0.190. The minimum absolute atomic E-state index is 0.148. The van der Waals surface area contributed by atoms with Crippen molar-refractivity contribution in [2.24, 2.45) is 0 Å². The van der Waals surface area contributed by atoms with E-state index in [4.69, 9.17) is 4.74 Å². The van der Waals surface area contributed by atoms with Crippen molar-refractivity contribution in [2.45, 2.75) is 25.7 Å². The maximum Gasteiger partial charge on any atom is 0.263 e. The molecule has 0 fully saturated rings. The zero-order chi connectivity index (χ0) is 20.1. The van der Waals surface area contributed by atoms with Gasteiger partial charge < -0.3 is 10.1 Å². The quantitative estimate of drug-likeness (QED) is 0.607. The second-order valence-electron chi connectivity index (χ2n) is 6.31. The molecule has 0 aliphatic carbocycles. The van der Waals surface area contributed by atoms with E-state index in [1.165, 1.54) is 17.7 Å². The molecule has 0 amide bonds. The van der Waals surface area contributed by atoms with Gasteiger partial charge in [0.15, 0.2) is 0 Å². The highest BCUT2D eigenvalue weighted by Gasteiger charge is 2.15. The van der Waals surface area contributed by atoms with Crippen molar-refractivity contribution < 1.29 is 13.2 Å². The van der Waals surface area contributed by atoms with E-state index in [2.05, 4.69) is 28.0 Å². The number of ether oxygens (including phenoxy) is 1. The molecule has 0 saturated carbocycles. The maximum atomic E-state index is 12.5. The molecule has 0 unspecified atom stereocenters. The lowest BCUT2D eigenvalue weighted by Crippen LogP contribution is -2.13. The SMILES string of the molecule is CCOc1ccc(S(=O)(=O)Nc2ccc(Nc3cccc(C)c3C)cn2)cc1. The maximum absolute atomic E-state index is 12.5. The molecule has 0 saturated heterocycles. The molecule has 0 aliphatic heterocycles. The second-order valence-corrected chi connectivity index (χ2v) is 8.00. The van der Waals surface area contributed by atoms with Crippen molar-refractivity contribution in [1.82, 2.24) is 4.98 Å². The Labute approximate surface area is 165 Å². The zero-order valence-corrected chi connectivity index (χ0v) is 16.9. The molecule has 2 N–H and O–H groups in total. The Kier molecular flexibility index (Phi) is 5.84. The van der Waals surface area contributed by atoms with Crippen LogP contribution in [0, 0.1) is 13.8 Å². The van der Waals surface area contributed by atoms with Gasteiger partial charge in [-0.25, -0.2) is 13.4 Å². The summed E-state index contributed by atoms with van der Waals surface area (Å²) < 4.78 is 32.9. The highest BCUT2D eigenvalue weighted by Crippen LogP contribution is 2.24. The number of nitrogens with zero attached hydrogens (tertiary/aromatic N) is 1. The number of aromatic nitrogens is 1. The molecular weight excluding hydrogens is 374 g/mol. The predicted molar refractivity (Wildman–Crippen MR) is 112 cm³/mol.